The van der Waals surface area contributed by atoms with Crippen LogP contribution in [-0.2, 0) is 0 Å². The number of allylic oxidation sites excluding steroid dienone is 1. The molecule has 1 heteroatoms. The second-order valence-electron chi connectivity index (χ2n) is 2.47. The van der Waals surface area contributed by atoms with Gasteiger partial charge < -0.3 is 5.73 Å². The van der Waals surface area contributed by atoms with Crippen LogP contribution in [0.1, 0.15) is 12.8 Å². The zero-order chi connectivity index (χ0) is 5.98. The van der Waals surface area contributed by atoms with E-state index in [1.54, 1.807) is 0 Å². The van der Waals surface area contributed by atoms with Crippen molar-refractivity contribution in [3.05, 3.63) is 12.7 Å². The third-order valence-electron chi connectivity index (χ3n) is 1.82. The van der Waals surface area contributed by atoms with Gasteiger partial charge in [0.15, 0.2) is 0 Å². The fourth-order valence-corrected chi connectivity index (χ4v) is 1.11. The maximum Gasteiger partial charge on any atom is -0.00744 e. The van der Waals surface area contributed by atoms with Crippen LogP contribution in [0.25, 0.3) is 0 Å². The standard InChI is InChI=1S/C7H13N/c1-2-6-5-7(6)3-4-8/h2,6-7H,1,3-5,8H2. The van der Waals surface area contributed by atoms with E-state index < -0.39 is 0 Å². The summed E-state index contributed by atoms with van der Waals surface area (Å²) in [6.07, 6.45) is 4.57. The highest BCUT2D eigenvalue weighted by Gasteiger charge is 2.32. The maximum atomic E-state index is 5.35. The first kappa shape index (κ1) is 5.83. The Morgan fingerprint density at radius 1 is 1.75 bits per heavy atom. The average molecular weight is 111 g/mol. The van der Waals surface area contributed by atoms with Crippen LogP contribution in [0, 0.1) is 11.8 Å². The summed E-state index contributed by atoms with van der Waals surface area (Å²) >= 11 is 0. The lowest BCUT2D eigenvalue weighted by Gasteiger charge is -1.88. The van der Waals surface area contributed by atoms with E-state index in [9.17, 15) is 0 Å². The van der Waals surface area contributed by atoms with Gasteiger partial charge in [0.05, 0.1) is 0 Å². The molecule has 0 aromatic rings. The highest BCUT2D eigenvalue weighted by atomic mass is 14.5. The van der Waals surface area contributed by atoms with Crippen LogP contribution in [0.2, 0.25) is 0 Å². The minimum absolute atomic E-state index is 0.804. The molecule has 0 spiro atoms. The Hall–Kier alpha value is -0.300. The second kappa shape index (κ2) is 2.31. The Labute approximate surface area is 50.6 Å². The number of hydrogen-bond donors (Lipinski definition) is 1. The van der Waals surface area contributed by atoms with Crippen molar-refractivity contribution in [2.75, 3.05) is 6.54 Å². The summed E-state index contributed by atoms with van der Waals surface area (Å²) in [6, 6.07) is 0. The van der Waals surface area contributed by atoms with E-state index in [0.717, 1.165) is 18.4 Å². The highest BCUT2D eigenvalue weighted by Crippen LogP contribution is 2.41. The quantitative estimate of drug-likeness (QED) is 0.543. The molecule has 1 rings (SSSR count). The molecule has 0 saturated heterocycles. The predicted molar refractivity (Wildman–Crippen MR) is 35.5 cm³/mol. The largest absolute Gasteiger partial charge is 0.330 e. The lowest BCUT2D eigenvalue weighted by molar-refractivity contribution is 0.707. The molecule has 8 heavy (non-hydrogen) atoms. The van der Waals surface area contributed by atoms with Crippen molar-refractivity contribution in [1.29, 1.82) is 0 Å². The van der Waals surface area contributed by atoms with Crippen LogP contribution < -0.4 is 5.73 Å². The lowest BCUT2D eigenvalue weighted by Crippen LogP contribution is -1.99. The van der Waals surface area contributed by atoms with Gasteiger partial charge in [-0.1, -0.05) is 6.08 Å². The van der Waals surface area contributed by atoms with Crippen molar-refractivity contribution < 1.29 is 0 Å². The van der Waals surface area contributed by atoms with Gasteiger partial charge in [0, 0.05) is 0 Å². The normalized spacial score (nSPS) is 34.6. The minimum Gasteiger partial charge on any atom is -0.330 e. The topological polar surface area (TPSA) is 26.0 Å². The van der Waals surface area contributed by atoms with E-state index in [4.69, 9.17) is 5.73 Å². The number of rotatable bonds is 3. The van der Waals surface area contributed by atoms with Gasteiger partial charge in [-0.05, 0) is 31.2 Å². The molecule has 2 unspecified atom stereocenters. The summed E-state index contributed by atoms with van der Waals surface area (Å²) in [5.74, 6) is 1.69. The lowest BCUT2D eigenvalue weighted by atomic mass is 10.2. The minimum atomic E-state index is 0.804. The van der Waals surface area contributed by atoms with Gasteiger partial charge in [-0.15, -0.1) is 6.58 Å². The summed E-state index contributed by atoms with van der Waals surface area (Å²) in [5.41, 5.74) is 5.35. The van der Waals surface area contributed by atoms with Crippen LogP contribution in [0.3, 0.4) is 0 Å². The van der Waals surface area contributed by atoms with Crippen molar-refractivity contribution in [2.24, 2.45) is 17.6 Å². The van der Waals surface area contributed by atoms with Crippen molar-refractivity contribution >= 4 is 0 Å². The van der Waals surface area contributed by atoms with Crippen molar-refractivity contribution in [1.82, 2.24) is 0 Å². The van der Waals surface area contributed by atoms with Crippen molar-refractivity contribution in [3.63, 3.8) is 0 Å². The first-order chi connectivity index (χ1) is 3.88. The van der Waals surface area contributed by atoms with Gasteiger partial charge in [-0.2, -0.15) is 0 Å². The van der Waals surface area contributed by atoms with Gasteiger partial charge in [0.2, 0.25) is 0 Å². The summed E-state index contributed by atoms with van der Waals surface area (Å²) in [7, 11) is 0. The van der Waals surface area contributed by atoms with E-state index in [2.05, 4.69) is 6.58 Å². The van der Waals surface area contributed by atoms with E-state index in [-0.39, 0.29) is 0 Å². The van der Waals surface area contributed by atoms with E-state index >= 15 is 0 Å². The fourth-order valence-electron chi connectivity index (χ4n) is 1.11. The zero-order valence-corrected chi connectivity index (χ0v) is 5.14. The molecule has 0 aromatic heterocycles. The monoisotopic (exact) mass is 111 g/mol. The molecular weight excluding hydrogens is 98.1 g/mol. The molecule has 0 bridgehead atoms. The molecule has 1 nitrogen and oxygen atoms in total. The molecule has 1 aliphatic carbocycles. The predicted octanol–water partition coefficient (Wildman–Crippen LogP) is 1.16. The molecule has 2 N–H and O–H groups in total. The summed E-state index contributed by atoms with van der Waals surface area (Å²) in [5, 5.41) is 0. The van der Waals surface area contributed by atoms with Gasteiger partial charge >= 0.3 is 0 Å². The average Bonchev–Trinajstić information content (AvgIpc) is 2.48. The molecule has 1 saturated carbocycles. The van der Waals surface area contributed by atoms with E-state index in [0.29, 0.717) is 0 Å². The SMILES string of the molecule is C=CC1CC1CCN. The number of hydrogen-bond acceptors (Lipinski definition) is 1. The molecule has 46 valence electrons. The molecule has 1 aliphatic rings. The fraction of sp³-hybridized carbons (Fsp3) is 0.714. The summed E-state index contributed by atoms with van der Waals surface area (Å²) in [6.45, 7) is 4.56. The van der Waals surface area contributed by atoms with Crippen molar-refractivity contribution in [3.8, 4) is 0 Å². The van der Waals surface area contributed by atoms with Crippen LogP contribution in [0.5, 0.6) is 0 Å². The summed E-state index contributed by atoms with van der Waals surface area (Å²) in [4.78, 5) is 0. The molecule has 0 radical (unpaired) electrons. The molecular formula is C7H13N. The number of nitrogens with two attached hydrogens (primary N) is 1. The van der Waals surface area contributed by atoms with Gasteiger partial charge in [0.1, 0.15) is 0 Å². The molecule has 0 aliphatic heterocycles. The zero-order valence-electron chi connectivity index (χ0n) is 5.14. The van der Waals surface area contributed by atoms with Crippen molar-refractivity contribution in [2.45, 2.75) is 12.8 Å². The molecule has 0 aromatic carbocycles. The van der Waals surface area contributed by atoms with E-state index in [1.807, 2.05) is 6.08 Å². The molecule has 2 atom stereocenters. The third-order valence-corrected chi connectivity index (χ3v) is 1.82. The third kappa shape index (κ3) is 1.10. The van der Waals surface area contributed by atoms with Crippen LogP contribution in [0.4, 0.5) is 0 Å². The van der Waals surface area contributed by atoms with Gasteiger partial charge in [-0.3, -0.25) is 0 Å². The highest BCUT2D eigenvalue weighted by molar-refractivity contribution is 4.97. The van der Waals surface area contributed by atoms with Crippen LogP contribution in [0.15, 0.2) is 12.7 Å². The molecule has 0 amide bonds. The smallest absolute Gasteiger partial charge is 0.00744 e. The maximum absolute atomic E-state index is 5.35. The Bertz CT molecular complexity index is 88.4. The Balaban J connectivity index is 2.07. The Morgan fingerprint density at radius 3 is 2.88 bits per heavy atom. The van der Waals surface area contributed by atoms with E-state index in [1.165, 1.54) is 12.8 Å². The Morgan fingerprint density at radius 2 is 2.50 bits per heavy atom. The summed E-state index contributed by atoms with van der Waals surface area (Å²) < 4.78 is 0. The first-order valence-corrected chi connectivity index (χ1v) is 3.21. The molecule has 1 fully saturated rings. The Kier molecular flexibility index (Phi) is 1.69. The molecule has 0 heterocycles. The van der Waals surface area contributed by atoms with Gasteiger partial charge in [0.25, 0.3) is 0 Å². The first-order valence-electron chi connectivity index (χ1n) is 3.21. The van der Waals surface area contributed by atoms with Crippen LogP contribution in [-0.4, -0.2) is 6.54 Å². The van der Waals surface area contributed by atoms with Gasteiger partial charge in [-0.25, -0.2) is 0 Å². The van der Waals surface area contributed by atoms with Crippen LogP contribution >= 0.6 is 0 Å². The second-order valence-corrected chi connectivity index (χ2v) is 2.47.